The highest BCUT2D eigenvalue weighted by molar-refractivity contribution is 6.27. The van der Waals surface area contributed by atoms with Gasteiger partial charge in [0, 0.05) is 29.5 Å². The molecule has 8 aromatic rings. The van der Waals surface area contributed by atoms with Crippen molar-refractivity contribution in [1.29, 1.82) is 0 Å². The lowest BCUT2D eigenvalue weighted by molar-refractivity contribution is 1.33. The van der Waals surface area contributed by atoms with Gasteiger partial charge in [0.1, 0.15) is 0 Å². The summed E-state index contributed by atoms with van der Waals surface area (Å²) in [5.41, 5.74) is 8.27. The van der Waals surface area contributed by atoms with Crippen LogP contribution in [0, 0.1) is 0 Å². The van der Waals surface area contributed by atoms with Crippen molar-refractivity contribution in [2.45, 2.75) is 0 Å². The van der Waals surface area contributed by atoms with Crippen LogP contribution in [0.3, 0.4) is 0 Å². The number of hydrogen-bond acceptors (Lipinski definition) is 2. The van der Waals surface area contributed by atoms with Gasteiger partial charge in [0.25, 0.3) is 0 Å². The van der Waals surface area contributed by atoms with Gasteiger partial charge in [0.2, 0.25) is 0 Å². The SMILES string of the molecule is c1cncc(-c2ccc3ccc4ccc(-c5ccc(-c6cccc7ncccc67)cc5)c5ccc2c3c45)c1. The smallest absolute Gasteiger partial charge is 0.0708 e. The minimum Gasteiger partial charge on any atom is -0.264 e. The molecule has 0 N–H and O–H groups in total. The molecule has 0 amide bonds. The van der Waals surface area contributed by atoms with Crippen molar-refractivity contribution in [2.75, 3.05) is 0 Å². The lowest BCUT2D eigenvalue weighted by atomic mass is 9.87. The standard InChI is InChI=1S/C36H22N2/c1-5-28(31-6-3-21-38-34(31)7-1)23-8-10-24(11-9-23)29-16-14-25-12-13-26-15-17-30(27-4-2-20-37-22-27)33-19-18-32(29)35(25)36(26)33/h1-22H. The number of rotatable bonds is 3. The average Bonchev–Trinajstić information content (AvgIpc) is 3.00. The Kier molecular flexibility index (Phi) is 4.55. The molecule has 2 nitrogen and oxygen atoms in total. The molecular weight excluding hydrogens is 460 g/mol. The molecule has 38 heavy (non-hydrogen) atoms. The maximum atomic E-state index is 4.53. The normalized spacial score (nSPS) is 11.7. The largest absolute Gasteiger partial charge is 0.264 e. The zero-order valence-corrected chi connectivity index (χ0v) is 20.6. The maximum Gasteiger partial charge on any atom is 0.0708 e. The minimum absolute atomic E-state index is 1.02. The number of fused-ring (bicyclic) bond motifs is 1. The Bertz CT molecular complexity index is 2100. The highest BCUT2D eigenvalue weighted by Crippen LogP contribution is 2.42. The fourth-order valence-electron chi connectivity index (χ4n) is 6.01. The van der Waals surface area contributed by atoms with Crippen LogP contribution in [-0.4, -0.2) is 9.97 Å². The van der Waals surface area contributed by atoms with Gasteiger partial charge >= 0.3 is 0 Å². The van der Waals surface area contributed by atoms with Crippen LogP contribution >= 0.6 is 0 Å². The minimum atomic E-state index is 1.02. The number of pyridine rings is 2. The zero-order valence-electron chi connectivity index (χ0n) is 20.6. The van der Waals surface area contributed by atoms with Gasteiger partial charge in [-0.15, -0.1) is 0 Å². The van der Waals surface area contributed by atoms with Gasteiger partial charge in [-0.25, -0.2) is 0 Å². The van der Waals surface area contributed by atoms with Gasteiger partial charge in [-0.2, -0.15) is 0 Å². The molecule has 8 rings (SSSR count). The number of hydrogen-bond donors (Lipinski definition) is 0. The molecule has 0 unspecified atom stereocenters. The van der Waals surface area contributed by atoms with E-state index in [1.54, 1.807) is 0 Å². The van der Waals surface area contributed by atoms with Crippen molar-refractivity contribution in [3.8, 4) is 33.4 Å². The highest BCUT2D eigenvalue weighted by Gasteiger charge is 2.15. The maximum absolute atomic E-state index is 4.53. The average molecular weight is 483 g/mol. The third-order valence-corrected chi connectivity index (χ3v) is 7.79. The topological polar surface area (TPSA) is 25.8 Å². The molecule has 0 atom stereocenters. The van der Waals surface area contributed by atoms with Crippen LogP contribution < -0.4 is 0 Å². The molecule has 0 saturated heterocycles. The lowest BCUT2D eigenvalue weighted by Gasteiger charge is -2.16. The second kappa shape index (κ2) is 8.22. The molecule has 2 aromatic heterocycles. The van der Waals surface area contributed by atoms with Crippen molar-refractivity contribution < 1.29 is 0 Å². The van der Waals surface area contributed by atoms with E-state index in [-0.39, 0.29) is 0 Å². The number of nitrogens with zero attached hydrogens (tertiary/aromatic N) is 2. The van der Waals surface area contributed by atoms with E-state index in [1.165, 1.54) is 65.5 Å². The van der Waals surface area contributed by atoms with Crippen LogP contribution in [0.4, 0.5) is 0 Å². The van der Waals surface area contributed by atoms with E-state index in [0.29, 0.717) is 0 Å². The van der Waals surface area contributed by atoms with Gasteiger partial charge < -0.3 is 0 Å². The van der Waals surface area contributed by atoms with Crippen LogP contribution in [0.25, 0.3) is 76.6 Å². The Labute approximate surface area is 220 Å². The van der Waals surface area contributed by atoms with Crippen molar-refractivity contribution in [1.82, 2.24) is 9.97 Å². The molecule has 0 saturated carbocycles. The Hall–Kier alpha value is -5.08. The summed E-state index contributed by atoms with van der Waals surface area (Å²) in [5, 5.41) is 8.91. The summed E-state index contributed by atoms with van der Waals surface area (Å²) in [6.45, 7) is 0. The number of aromatic nitrogens is 2. The van der Waals surface area contributed by atoms with Gasteiger partial charge in [0.05, 0.1) is 5.52 Å². The summed E-state index contributed by atoms with van der Waals surface area (Å²) in [4.78, 5) is 8.89. The third kappa shape index (κ3) is 3.14. The van der Waals surface area contributed by atoms with Crippen LogP contribution in [0.5, 0.6) is 0 Å². The first-order chi connectivity index (χ1) is 18.8. The molecule has 0 aliphatic rings. The van der Waals surface area contributed by atoms with Gasteiger partial charge in [0.15, 0.2) is 0 Å². The van der Waals surface area contributed by atoms with E-state index < -0.39 is 0 Å². The Morgan fingerprint density at radius 2 is 1.00 bits per heavy atom. The molecule has 0 aliphatic carbocycles. The monoisotopic (exact) mass is 482 g/mol. The van der Waals surface area contributed by atoms with Gasteiger partial charge in [-0.1, -0.05) is 97.1 Å². The summed E-state index contributed by atoms with van der Waals surface area (Å²) in [6.07, 6.45) is 5.63. The van der Waals surface area contributed by atoms with E-state index in [0.717, 1.165) is 11.1 Å². The first kappa shape index (κ1) is 21.0. The summed E-state index contributed by atoms with van der Waals surface area (Å²) in [5.74, 6) is 0. The Morgan fingerprint density at radius 3 is 1.66 bits per heavy atom. The van der Waals surface area contributed by atoms with Crippen LogP contribution in [-0.2, 0) is 0 Å². The van der Waals surface area contributed by atoms with E-state index >= 15 is 0 Å². The molecule has 0 aliphatic heterocycles. The van der Waals surface area contributed by atoms with Crippen molar-refractivity contribution in [3.05, 3.63) is 134 Å². The summed E-state index contributed by atoms with van der Waals surface area (Å²) < 4.78 is 0. The first-order valence-electron chi connectivity index (χ1n) is 12.9. The van der Waals surface area contributed by atoms with Crippen molar-refractivity contribution in [3.63, 3.8) is 0 Å². The number of benzene rings is 6. The highest BCUT2D eigenvalue weighted by atomic mass is 14.6. The first-order valence-corrected chi connectivity index (χ1v) is 12.9. The molecule has 0 bridgehead atoms. The Morgan fingerprint density at radius 1 is 0.395 bits per heavy atom. The Balaban J connectivity index is 1.32. The van der Waals surface area contributed by atoms with Gasteiger partial charge in [-0.3, -0.25) is 9.97 Å². The lowest BCUT2D eigenvalue weighted by Crippen LogP contribution is -1.90. The second-order valence-corrected chi connectivity index (χ2v) is 9.84. The van der Waals surface area contributed by atoms with Crippen molar-refractivity contribution in [2.24, 2.45) is 0 Å². The molecule has 0 spiro atoms. The summed E-state index contributed by atoms with van der Waals surface area (Å²) >= 11 is 0. The fourth-order valence-corrected chi connectivity index (χ4v) is 6.01. The van der Waals surface area contributed by atoms with E-state index in [4.69, 9.17) is 0 Å². The molecule has 0 radical (unpaired) electrons. The molecular formula is C36H22N2. The fraction of sp³-hybridized carbons (Fsp3) is 0. The predicted molar refractivity (Wildman–Crippen MR) is 160 cm³/mol. The molecule has 2 heterocycles. The quantitative estimate of drug-likeness (QED) is 0.234. The van der Waals surface area contributed by atoms with E-state index in [2.05, 4.69) is 113 Å². The van der Waals surface area contributed by atoms with Crippen LogP contribution in [0.1, 0.15) is 0 Å². The molecule has 0 fully saturated rings. The molecule has 176 valence electrons. The van der Waals surface area contributed by atoms with Crippen LogP contribution in [0.15, 0.2) is 134 Å². The molecule has 2 heteroatoms. The van der Waals surface area contributed by atoms with Gasteiger partial charge in [-0.05, 0) is 78.3 Å². The van der Waals surface area contributed by atoms with Crippen LogP contribution in [0.2, 0.25) is 0 Å². The van der Waals surface area contributed by atoms with Crippen molar-refractivity contribution >= 4 is 43.2 Å². The third-order valence-electron chi connectivity index (χ3n) is 7.79. The summed E-state index contributed by atoms with van der Waals surface area (Å²) in [7, 11) is 0. The second-order valence-electron chi connectivity index (χ2n) is 9.84. The molecule has 6 aromatic carbocycles. The summed E-state index contributed by atoms with van der Waals surface area (Å²) in [6, 6.07) is 41.6. The zero-order chi connectivity index (χ0) is 25.1. The van der Waals surface area contributed by atoms with E-state index in [1.807, 2.05) is 30.7 Å². The predicted octanol–water partition coefficient (Wildman–Crippen LogP) is 9.53. The van der Waals surface area contributed by atoms with E-state index in [9.17, 15) is 0 Å².